The molecule has 3 saturated heterocycles. The molecule has 4 aromatic rings. The maximum absolute atomic E-state index is 14.7. The minimum atomic E-state index is -2.56. The molecule has 8 rings (SSSR count). The first-order valence-electron chi connectivity index (χ1n) is 20.4. The molecule has 4 aliphatic rings. The van der Waals surface area contributed by atoms with E-state index in [0.717, 1.165) is 0 Å². The molecule has 1 saturated carbocycles. The fourth-order valence-corrected chi connectivity index (χ4v) is 8.19. The Balaban J connectivity index is 1.43. The summed E-state index contributed by atoms with van der Waals surface area (Å²) in [6.45, 7) is 4.41. The summed E-state index contributed by atoms with van der Waals surface area (Å²) in [4.78, 5) is 72.6. The third-order valence-electron chi connectivity index (χ3n) is 11.1. The van der Waals surface area contributed by atoms with E-state index in [1.165, 1.54) is 41.3 Å². The van der Waals surface area contributed by atoms with Gasteiger partial charge >= 0.3 is 30.0 Å². The number of aliphatic hydroxyl groups is 1. The van der Waals surface area contributed by atoms with Crippen molar-refractivity contribution in [2.45, 2.75) is 100 Å². The fraction of sp³-hybridized carbons (Fsp3) is 0.383. The van der Waals surface area contributed by atoms with Gasteiger partial charge in [-0.15, -0.1) is 0 Å². The summed E-state index contributed by atoms with van der Waals surface area (Å²) in [6, 6.07) is 30.1. The average molecular weight is 835 g/mol. The average Bonchev–Trinajstić information content (AvgIpc) is 3.26. The minimum Gasteiger partial charge on any atom is -0.459 e. The van der Waals surface area contributed by atoms with Crippen LogP contribution < -0.4 is 5.32 Å². The van der Waals surface area contributed by atoms with Crippen LogP contribution in [0.15, 0.2) is 121 Å². The van der Waals surface area contributed by atoms with E-state index in [9.17, 15) is 29.1 Å². The Morgan fingerprint density at radius 2 is 1.16 bits per heavy atom. The normalized spacial score (nSPS) is 26.2. The molecule has 1 aliphatic carbocycles. The predicted molar refractivity (Wildman–Crippen MR) is 219 cm³/mol. The van der Waals surface area contributed by atoms with E-state index in [2.05, 4.69) is 5.32 Å². The van der Waals surface area contributed by atoms with E-state index in [0.29, 0.717) is 25.7 Å². The number of benzene rings is 4. The summed E-state index contributed by atoms with van der Waals surface area (Å²) in [5, 5.41) is 16.2. The number of ether oxygens (including phenoxy) is 6. The first kappa shape index (κ1) is 43.0. The van der Waals surface area contributed by atoms with Crippen LogP contribution >= 0.6 is 0 Å². The van der Waals surface area contributed by atoms with Crippen LogP contribution in [0.25, 0.3) is 0 Å². The summed E-state index contributed by atoms with van der Waals surface area (Å²) in [5.41, 5.74) is -3.09. The van der Waals surface area contributed by atoms with E-state index in [4.69, 9.17) is 28.4 Å². The van der Waals surface area contributed by atoms with E-state index >= 15 is 0 Å². The Kier molecular flexibility index (Phi) is 13.2. The van der Waals surface area contributed by atoms with Crippen LogP contribution in [0.2, 0.25) is 0 Å². The Morgan fingerprint density at radius 1 is 0.689 bits per heavy atom. The fourth-order valence-electron chi connectivity index (χ4n) is 8.19. The number of rotatable bonds is 10. The number of nitrogens with zero attached hydrogens (tertiary/aromatic N) is 1. The summed E-state index contributed by atoms with van der Waals surface area (Å²) in [6.07, 6.45) is -5.74. The maximum atomic E-state index is 14.7. The van der Waals surface area contributed by atoms with Crippen molar-refractivity contribution >= 4 is 30.0 Å². The van der Waals surface area contributed by atoms with Crippen molar-refractivity contribution in [3.05, 3.63) is 144 Å². The van der Waals surface area contributed by atoms with Crippen LogP contribution in [0.1, 0.15) is 87.9 Å². The molecule has 320 valence electrons. The number of fused-ring (bicyclic) bond motifs is 5. The third-order valence-corrected chi connectivity index (χ3v) is 11.1. The second-order valence-corrected chi connectivity index (χ2v) is 16.3. The monoisotopic (exact) mass is 834 g/mol. The molecular formula is C47H50N2O12. The second-order valence-electron chi connectivity index (χ2n) is 16.3. The summed E-state index contributed by atoms with van der Waals surface area (Å²) in [7, 11) is 0. The van der Waals surface area contributed by atoms with Crippen LogP contribution in [0, 0.1) is 0 Å². The lowest BCUT2D eigenvalue weighted by Gasteiger charge is -2.57. The molecule has 1 amide bonds. The molecular weight excluding hydrogens is 785 g/mol. The van der Waals surface area contributed by atoms with Crippen molar-refractivity contribution in [2.24, 2.45) is 0 Å². The molecule has 4 fully saturated rings. The highest BCUT2D eigenvalue weighted by atomic mass is 16.7. The predicted octanol–water partition coefficient (Wildman–Crippen LogP) is 6.13. The van der Waals surface area contributed by atoms with Crippen LogP contribution in [-0.4, -0.2) is 107 Å². The highest BCUT2D eigenvalue weighted by Crippen LogP contribution is 2.44. The summed E-state index contributed by atoms with van der Waals surface area (Å²) >= 11 is 0. The van der Waals surface area contributed by atoms with E-state index in [1.54, 1.807) is 106 Å². The number of carbonyl (C=O) groups is 5. The van der Waals surface area contributed by atoms with Gasteiger partial charge in [0.25, 0.3) is 0 Å². The molecule has 4 aromatic carbocycles. The Labute approximate surface area is 354 Å². The molecule has 2 bridgehead atoms. The Morgan fingerprint density at radius 3 is 1.67 bits per heavy atom. The molecule has 6 atom stereocenters. The Bertz CT molecular complexity index is 2140. The minimum absolute atomic E-state index is 0.00904. The number of hydrogen-bond acceptors (Lipinski definition) is 13. The smallest absolute Gasteiger partial charge is 0.410 e. The van der Waals surface area contributed by atoms with Crippen molar-refractivity contribution in [3.63, 3.8) is 0 Å². The van der Waals surface area contributed by atoms with Gasteiger partial charge in [-0.25, -0.2) is 24.0 Å². The number of aliphatic hydroxyl groups excluding tert-OH is 1. The van der Waals surface area contributed by atoms with Gasteiger partial charge in [-0.1, -0.05) is 72.8 Å². The van der Waals surface area contributed by atoms with Crippen molar-refractivity contribution in [1.29, 1.82) is 0 Å². The van der Waals surface area contributed by atoms with Gasteiger partial charge in [-0.2, -0.15) is 0 Å². The first-order valence-corrected chi connectivity index (χ1v) is 20.4. The van der Waals surface area contributed by atoms with Gasteiger partial charge in [0, 0.05) is 18.6 Å². The molecule has 0 aromatic heterocycles. The van der Waals surface area contributed by atoms with E-state index < -0.39 is 84.5 Å². The van der Waals surface area contributed by atoms with Crippen molar-refractivity contribution < 1.29 is 57.5 Å². The zero-order valence-corrected chi connectivity index (χ0v) is 34.2. The van der Waals surface area contributed by atoms with Crippen molar-refractivity contribution in [1.82, 2.24) is 10.2 Å². The molecule has 0 spiro atoms. The largest absolute Gasteiger partial charge is 0.459 e. The van der Waals surface area contributed by atoms with Crippen LogP contribution in [0.3, 0.4) is 0 Å². The molecule has 14 heteroatoms. The zero-order chi connectivity index (χ0) is 43.1. The molecule has 3 aliphatic heterocycles. The van der Waals surface area contributed by atoms with Crippen LogP contribution in [0.5, 0.6) is 0 Å². The molecule has 14 nitrogen and oxygen atoms in total. The summed E-state index contributed by atoms with van der Waals surface area (Å²) < 4.78 is 37.3. The second kappa shape index (κ2) is 18.7. The highest BCUT2D eigenvalue weighted by Gasteiger charge is 2.69. The van der Waals surface area contributed by atoms with Gasteiger partial charge in [0.05, 0.1) is 28.3 Å². The quantitative estimate of drug-likeness (QED) is 0.138. The molecule has 0 radical (unpaired) electrons. The third kappa shape index (κ3) is 9.77. The zero-order valence-electron chi connectivity index (χ0n) is 34.2. The van der Waals surface area contributed by atoms with E-state index in [1.807, 2.05) is 0 Å². The first-order chi connectivity index (χ1) is 29.3. The number of amides is 1. The van der Waals surface area contributed by atoms with Gasteiger partial charge in [0.2, 0.25) is 11.9 Å². The lowest BCUT2D eigenvalue weighted by Crippen LogP contribution is -2.79. The topological polar surface area (TPSA) is 176 Å². The van der Waals surface area contributed by atoms with Crippen LogP contribution in [0.4, 0.5) is 4.79 Å². The van der Waals surface area contributed by atoms with Crippen molar-refractivity contribution in [3.8, 4) is 0 Å². The highest BCUT2D eigenvalue weighted by molar-refractivity contribution is 5.92. The van der Waals surface area contributed by atoms with Gasteiger partial charge in [-0.05, 0) is 95.0 Å². The molecule has 2 N–H and O–H groups in total. The Hall–Kier alpha value is -6.09. The van der Waals surface area contributed by atoms with Gasteiger partial charge < -0.3 is 38.8 Å². The number of esters is 4. The number of carbonyl (C=O) groups excluding carboxylic acids is 5. The van der Waals surface area contributed by atoms with Crippen molar-refractivity contribution in [2.75, 3.05) is 13.2 Å². The maximum Gasteiger partial charge on any atom is 0.410 e. The number of hydrogen-bond donors (Lipinski definition) is 2. The van der Waals surface area contributed by atoms with E-state index in [-0.39, 0.29) is 34.8 Å². The summed E-state index contributed by atoms with van der Waals surface area (Å²) in [5.74, 6) is -3.56. The molecule has 61 heavy (non-hydrogen) atoms. The SMILES string of the molecule is CC(C)(C)OC(=O)N1C2CCC(CC2)NCC1[C@]1(OC(=O)c2ccccc2)[C@@H](O)O[C@H](COC(=O)c2ccccc2)[C@@H](OC(=O)c2ccccc2)[C@@H]1OC(=O)c1ccccc1. The molecule has 1 unspecified atom stereocenters. The lowest BCUT2D eigenvalue weighted by atomic mass is 9.76. The van der Waals surface area contributed by atoms with Crippen LogP contribution in [-0.2, 0) is 28.4 Å². The van der Waals surface area contributed by atoms with Gasteiger partial charge in [0.15, 0.2) is 12.2 Å². The molecule has 3 heterocycles. The van der Waals surface area contributed by atoms with Gasteiger partial charge in [0.1, 0.15) is 18.3 Å². The number of nitrogens with one attached hydrogen (secondary N) is 1. The standard InChI is InChI=1S/C47H50N2O12/c1-46(2,3)61-45(55)49-35-26-24-34(25-27-35)48-28-37(49)47(60-43(53)33-22-14-7-15-23-33)39(59-42(52)32-20-12-6-13-21-32)38(58-41(51)31-18-10-5-11-19-31)36(57-44(47)54)29-56-40(50)30-16-8-4-9-17-30/h4-23,34-39,44,48,54H,24-29H2,1-3H3/t34?,35?,36-,37?,38-,39+,44+,47-/m1/s1. The lowest BCUT2D eigenvalue weighted by molar-refractivity contribution is -0.338. The van der Waals surface area contributed by atoms with Gasteiger partial charge in [-0.3, -0.25) is 4.90 Å².